The molecule has 0 aliphatic heterocycles. The van der Waals surface area contributed by atoms with Crippen molar-refractivity contribution in [3.05, 3.63) is 71.7 Å². The number of nitrogens with zero attached hydrogens (tertiary/aromatic N) is 2. The number of amides is 2. The number of aromatic nitrogens is 3. The van der Waals surface area contributed by atoms with Gasteiger partial charge in [-0.15, -0.1) is 0 Å². The van der Waals surface area contributed by atoms with Crippen LogP contribution in [0.15, 0.2) is 54.7 Å². The fourth-order valence-electron chi connectivity index (χ4n) is 2.48. The molecule has 7 nitrogen and oxygen atoms in total. The number of rotatable bonds is 7. The molecule has 3 aromatic rings. The molecular weight excluding hydrogens is 342 g/mol. The number of carbonyl (C=O) groups is 2. The van der Waals surface area contributed by atoms with Crippen molar-refractivity contribution >= 4 is 11.8 Å². The summed E-state index contributed by atoms with van der Waals surface area (Å²) in [5, 5.41) is 12.5. The number of hydrogen-bond donors (Lipinski definition) is 3. The maximum absolute atomic E-state index is 12.1. The highest BCUT2D eigenvalue weighted by atomic mass is 16.2. The van der Waals surface area contributed by atoms with Crippen LogP contribution < -0.4 is 10.6 Å². The summed E-state index contributed by atoms with van der Waals surface area (Å²) >= 11 is 0. The van der Waals surface area contributed by atoms with E-state index in [-0.39, 0.29) is 11.8 Å². The topological polar surface area (TPSA) is 99.8 Å². The van der Waals surface area contributed by atoms with Crippen molar-refractivity contribution in [1.82, 2.24) is 25.8 Å². The smallest absolute Gasteiger partial charge is 0.271 e. The van der Waals surface area contributed by atoms with E-state index in [9.17, 15) is 9.59 Å². The number of hydrogen-bond acceptors (Lipinski definition) is 4. The minimum atomic E-state index is -0.250. The fourth-order valence-corrected chi connectivity index (χ4v) is 2.48. The third-order valence-corrected chi connectivity index (χ3v) is 3.96. The Morgan fingerprint density at radius 2 is 1.67 bits per heavy atom. The van der Waals surface area contributed by atoms with Crippen LogP contribution >= 0.6 is 0 Å². The first-order valence-electron chi connectivity index (χ1n) is 8.73. The van der Waals surface area contributed by atoms with Crippen LogP contribution in [0.5, 0.6) is 0 Å². The first-order chi connectivity index (χ1) is 13.1. The van der Waals surface area contributed by atoms with Crippen LogP contribution in [0.4, 0.5) is 0 Å². The van der Waals surface area contributed by atoms with Gasteiger partial charge in [0, 0.05) is 19.3 Å². The maximum atomic E-state index is 12.1. The molecule has 0 unspecified atom stereocenters. The number of H-pyrrole nitrogens is 1. The van der Waals surface area contributed by atoms with Crippen molar-refractivity contribution in [1.29, 1.82) is 0 Å². The molecule has 0 spiro atoms. The summed E-state index contributed by atoms with van der Waals surface area (Å²) in [7, 11) is 0. The minimum Gasteiger partial charge on any atom is -0.351 e. The molecule has 0 aliphatic carbocycles. The molecule has 0 aliphatic rings. The molecule has 1 aromatic carbocycles. The number of carbonyl (C=O) groups excluding carboxylic acids is 2. The van der Waals surface area contributed by atoms with Gasteiger partial charge in [0.05, 0.1) is 5.69 Å². The minimum absolute atomic E-state index is 0.221. The van der Waals surface area contributed by atoms with E-state index in [2.05, 4.69) is 25.8 Å². The molecule has 0 bridgehead atoms. The average Bonchev–Trinajstić information content (AvgIpc) is 3.19. The molecule has 3 N–H and O–H groups in total. The summed E-state index contributed by atoms with van der Waals surface area (Å²) < 4.78 is 0. The van der Waals surface area contributed by atoms with E-state index in [0.717, 1.165) is 16.8 Å². The van der Waals surface area contributed by atoms with E-state index >= 15 is 0 Å². The summed E-state index contributed by atoms with van der Waals surface area (Å²) in [6, 6.07) is 14.9. The Hall–Kier alpha value is -3.48. The van der Waals surface area contributed by atoms with Crippen molar-refractivity contribution in [2.24, 2.45) is 0 Å². The van der Waals surface area contributed by atoms with Gasteiger partial charge in [-0.2, -0.15) is 5.10 Å². The van der Waals surface area contributed by atoms with Crippen LogP contribution in [0.3, 0.4) is 0 Å². The lowest BCUT2D eigenvalue weighted by Crippen LogP contribution is -2.30. The lowest BCUT2D eigenvalue weighted by atomic mass is 10.1. The van der Waals surface area contributed by atoms with E-state index in [1.54, 1.807) is 18.3 Å². The molecule has 0 saturated heterocycles. The van der Waals surface area contributed by atoms with Gasteiger partial charge in [0.25, 0.3) is 11.8 Å². The van der Waals surface area contributed by atoms with Crippen LogP contribution in [0.1, 0.15) is 33.0 Å². The molecule has 2 amide bonds. The molecule has 2 heterocycles. The first-order valence-corrected chi connectivity index (χ1v) is 8.73. The molecule has 0 fully saturated rings. The van der Waals surface area contributed by atoms with Crippen molar-refractivity contribution in [2.75, 3.05) is 13.1 Å². The third kappa shape index (κ3) is 5.01. The molecule has 0 saturated carbocycles. The van der Waals surface area contributed by atoms with E-state index in [1.807, 2.05) is 43.3 Å². The normalized spacial score (nSPS) is 10.4. The van der Waals surface area contributed by atoms with Crippen LogP contribution in [-0.4, -0.2) is 40.1 Å². The van der Waals surface area contributed by atoms with Gasteiger partial charge in [0.2, 0.25) is 0 Å². The van der Waals surface area contributed by atoms with Gasteiger partial charge >= 0.3 is 0 Å². The molecule has 138 valence electrons. The van der Waals surface area contributed by atoms with Crippen molar-refractivity contribution in [3.8, 4) is 11.3 Å². The molecule has 2 aromatic heterocycles. The molecular formula is C20H21N5O2. The predicted octanol–water partition coefficient (Wildman–Crippen LogP) is 2.33. The zero-order chi connectivity index (χ0) is 19.1. The van der Waals surface area contributed by atoms with Crippen molar-refractivity contribution in [2.45, 2.75) is 13.3 Å². The van der Waals surface area contributed by atoms with Crippen LogP contribution in [-0.2, 0) is 0 Å². The summed E-state index contributed by atoms with van der Waals surface area (Å²) in [5.74, 6) is -0.471. The SMILES string of the molecule is Cc1ccc(C(=O)NCCCNC(=O)c2cc(-c3ccccc3)[nH]n2)nc1. The molecule has 0 radical (unpaired) electrons. The van der Waals surface area contributed by atoms with E-state index < -0.39 is 0 Å². The van der Waals surface area contributed by atoms with E-state index in [0.29, 0.717) is 30.9 Å². The molecule has 27 heavy (non-hydrogen) atoms. The molecule has 3 rings (SSSR count). The highest BCUT2D eigenvalue weighted by Gasteiger charge is 2.11. The lowest BCUT2D eigenvalue weighted by molar-refractivity contribution is 0.0946. The van der Waals surface area contributed by atoms with Crippen molar-refractivity contribution in [3.63, 3.8) is 0 Å². The average molecular weight is 363 g/mol. The Balaban J connectivity index is 1.40. The van der Waals surface area contributed by atoms with Gasteiger partial charge in [0.1, 0.15) is 5.69 Å². The summed E-state index contributed by atoms with van der Waals surface area (Å²) in [4.78, 5) is 28.2. The first kappa shape index (κ1) is 18.3. The maximum Gasteiger partial charge on any atom is 0.271 e. The van der Waals surface area contributed by atoms with Crippen LogP contribution in [0.2, 0.25) is 0 Å². The van der Waals surface area contributed by atoms with Crippen LogP contribution in [0, 0.1) is 6.92 Å². The Kier molecular flexibility index (Phi) is 5.94. The highest BCUT2D eigenvalue weighted by Crippen LogP contribution is 2.16. The Morgan fingerprint density at radius 1 is 0.963 bits per heavy atom. The zero-order valence-corrected chi connectivity index (χ0v) is 15.0. The standard InChI is InChI=1S/C20H21N5O2/c1-14-8-9-16(23-13-14)19(26)21-10-5-11-22-20(27)18-12-17(24-25-18)15-6-3-2-4-7-15/h2-4,6-9,12-13H,5,10-11H2,1H3,(H,21,26)(H,22,27)(H,24,25). The number of pyridine rings is 1. The van der Waals surface area contributed by atoms with Crippen molar-refractivity contribution < 1.29 is 9.59 Å². The van der Waals surface area contributed by atoms with Gasteiger partial charge in [-0.25, -0.2) is 0 Å². The predicted molar refractivity (Wildman–Crippen MR) is 102 cm³/mol. The second-order valence-corrected chi connectivity index (χ2v) is 6.12. The monoisotopic (exact) mass is 363 g/mol. The lowest BCUT2D eigenvalue weighted by Gasteiger charge is -2.06. The van der Waals surface area contributed by atoms with Gasteiger partial charge in [-0.1, -0.05) is 36.4 Å². The Morgan fingerprint density at radius 3 is 2.33 bits per heavy atom. The molecule has 7 heteroatoms. The third-order valence-electron chi connectivity index (χ3n) is 3.96. The quantitative estimate of drug-likeness (QED) is 0.561. The molecule has 0 atom stereocenters. The Bertz CT molecular complexity index is 904. The Labute approximate surface area is 157 Å². The largest absolute Gasteiger partial charge is 0.351 e. The van der Waals surface area contributed by atoms with Crippen LogP contribution in [0.25, 0.3) is 11.3 Å². The van der Waals surface area contributed by atoms with Gasteiger partial charge in [-0.3, -0.25) is 19.7 Å². The highest BCUT2D eigenvalue weighted by molar-refractivity contribution is 5.93. The fraction of sp³-hybridized carbons (Fsp3) is 0.200. The number of nitrogens with one attached hydrogen (secondary N) is 3. The number of benzene rings is 1. The van der Waals surface area contributed by atoms with E-state index in [4.69, 9.17) is 0 Å². The summed E-state index contributed by atoms with van der Waals surface area (Å²) in [5.41, 5.74) is 3.48. The van der Waals surface area contributed by atoms with Gasteiger partial charge in [0.15, 0.2) is 5.69 Å². The second-order valence-electron chi connectivity index (χ2n) is 6.12. The summed E-state index contributed by atoms with van der Waals surface area (Å²) in [6.45, 7) is 2.80. The zero-order valence-electron chi connectivity index (χ0n) is 15.0. The van der Waals surface area contributed by atoms with Gasteiger partial charge < -0.3 is 10.6 Å². The summed E-state index contributed by atoms with van der Waals surface area (Å²) in [6.07, 6.45) is 2.27. The van der Waals surface area contributed by atoms with Gasteiger partial charge in [-0.05, 0) is 36.6 Å². The van der Waals surface area contributed by atoms with E-state index in [1.165, 1.54) is 0 Å². The number of aryl methyl sites for hydroxylation is 1. The second kappa shape index (κ2) is 8.75. The number of aromatic amines is 1.